The summed E-state index contributed by atoms with van der Waals surface area (Å²) in [5, 5.41) is 7.14. The Morgan fingerprint density at radius 2 is 2.10 bits per heavy atom. The van der Waals surface area contributed by atoms with Crippen molar-refractivity contribution in [1.29, 1.82) is 0 Å². The maximum absolute atomic E-state index is 12.1. The van der Waals surface area contributed by atoms with Gasteiger partial charge in [0, 0.05) is 32.9 Å². The van der Waals surface area contributed by atoms with Crippen molar-refractivity contribution < 1.29 is 8.42 Å². The van der Waals surface area contributed by atoms with Crippen molar-refractivity contribution in [3.63, 3.8) is 0 Å². The molecule has 1 aliphatic heterocycles. The lowest BCUT2D eigenvalue weighted by Crippen LogP contribution is -2.23. The second kappa shape index (κ2) is 6.15. The molecule has 2 N–H and O–H groups in total. The third-order valence-corrected chi connectivity index (χ3v) is 4.72. The van der Waals surface area contributed by atoms with Gasteiger partial charge < -0.3 is 5.32 Å². The molecule has 1 aromatic heterocycles. The van der Waals surface area contributed by atoms with Gasteiger partial charge >= 0.3 is 0 Å². The number of nitrogens with one attached hydrogen (secondary N) is 2. The van der Waals surface area contributed by atoms with E-state index in [9.17, 15) is 8.42 Å². The molecular weight excluding hydrogens is 312 g/mol. The topological polar surface area (TPSA) is 76.0 Å². The van der Waals surface area contributed by atoms with Gasteiger partial charge in [0.2, 0.25) is 10.0 Å². The van der Waals surface area contributed by atoms with E-state index in [1.165, 1.54) is 28.2 Å². The molecule has 0 atom stereocenters. The fraction of sp³-hybridized carbons (Fsp3) is 0.308. The Hall–Kier alpha value is -1.41. The Morgan fingerprint density at radius 3 is 2.81 bits per heavy atom. The Bertz CT molecular complexity index is 742. The second-order valence-electron chi connectivity index (χ2n) is 4.88. The summed E-state index contributed by atoms with van der Waals surface area (Å²) in [4.78, 5) is 0.183. The highest BCUT2D eigenvalue weighted by Crippen LogP contribution is 2.17. The van der Waals surface area contributed by atoms with Crippen molar-refractivity contribution in [2.24, 2.45) is 7.05 Å². The first-order chi connectivity index (χ1) is 9.54. The van der Waals surface area contributed by atoms with Gasteiger partial charge in [0.1, 0.15) is 4.90 Å². The van der Waals surface area contributed by atoms with Gasteiger partial charge in [-0.2, -0.15) is 5.10 Å². The summed E-state index contributed by atoms with van der Waals surface area (Å²) in [6, 6.07) is 6.04. The Morgan fingerprint density at radius 1 is 1.33 bits per heavy atom. The molecule has 1 aromatic carbocycles. The number of rotatable bonds is 4. The van der Waals surface area contributed by atoms with E-state index in [2.05, 4.69) is 15.1 Å². The average molecular weight is 329 g/mol. The van der Waals surface area contributed by atoms with E-state index in [1.54, 1.807) is 7.05 Å². The van der Waals surface area contributed by atoms with Crippen molar-refractivity contribution in [2.45, 2.75) is 24.5 Å². The van der Waals surface area contributed by atoms with Crippen LogP contribution in [0.2, 0.25) is 0 Å². The second-order valence-corrected chi connectivity index (χ2v) is 6.65. The Balaban J connectivity index is 0.00000161. The Kier molecular flexibility index (Phi) is 4.67. The molecule has 114 valence electrons. The number of sulfonamides is 1. The lowest BCUT2D eigenvalue weighted by molar-refractivity contribution is 0.581. The van der Waals surface area contributed by atoms with Gasteiger partial charge in [0.25, 0.3) is 0 Å². The van der Waals surface area contributed by atoms with E-state index < -0.39 is 10.0 Å². The highest BCUT2D eigenvalue weighted by atomic mass is 35.5. The summed E-state index contributed by atoms with van der Waals surface area (Å²) in [6.45, 7) is 2.01. The molecule has 21 heavy (non-hydrogen) atoms. The predicted molar refractivity (Wildman–Crippen MR) is 81.5 cm³/mol. The lowest BCUT2D eigenvalue weighted by atomic mass is 10.1. The van der Waals surface area contributed by atoms with E-state index in [1.807, 2.05) is 18.2 Å². The third-order valence-electron chi connectivity index (χ3n) is 3.36. The number of aryl methyl sites for hydroxylation is 1. The molecule has 1 aliphatic rings. The van der Waals surface area contributed by atoms with Gasteiger partial charge in [0.05, 0.1) is 6.20 Å². The maximum atomic E-state index is 12.1. The van der Waals surface area contributed by atoms with Crippen LogP contribution in [0.15, 0.2) is 35.5 Å². The van der Waals surface area contributed by atoms with Crippen LogP contribution in [0.25, 0.3) is 0 Å². The van der Waals surface area contributed by atoms with Crippen LogP contribution in [-0.2, 0) is 36.7 Å². The number of hydrogen-bond donors (Lipinski definition) is 2. The van der Waals surface area contributed by atoms with Crippen LogP contribution in [-0.4, -0.2) is 18.2 Å². The van der Waals surface area contributed by atoms with Gasteiger partial charge in [0.15, 0.2) is 0 Å². The first kappa shape index (κ1) is 16.0. The molecule has 0 fully saturated rings. The van der Waals surface area contributed by atoms with E-state index in [4.69, 9.17) is 0 Å². The number of fused-ring (bicyclic) bond motifs is 1. The number of halogens is 1. The SMILES string of the molecule is Cl.Cn1cc(S(=O)(=O)NCc2ccc3c(c2)CNC3)cn1. The summed E-state index contributed by atoms with van der Waals surface area (Å²) in [6.07, 6.45) is 2.82. The van der Waals surface area contributed by atoms with Crippen LogP contribution in [0, 0.1) is 0 Å². The largest absolute Gasteiger partial charge is 0.309 e. The van der Waals surface area contributed by atoms with E-state index >= 15 is 0 Å². The smallest absolute Gasteiger partial charge is 0.243 e. The number of benzene rings is 1. The molecule has 0 aliphatic carbocycles. The minimum absolute atomic E-state index is 0. The van der Waals surface area contributed by atoms with Gasteiger partial charge in [-0.3, -0.25) is 4.68 Å². The molecule has 0 amide bonds. The summed E-state index contributed by atoms with van der Waals surface area (Å²) >= 11 is 0. The number of nitrogens with zero attached hydrogens (tertiary/aromatic N) is 2. The molecule has 2 aromatic rings. The predicted octanol–water partition coefficient (Wildman–Crippen LogP) is 0.924. The summed E-state index contributed by atoms with van der Waals surface area (Å²) in [7, 11) is -1.81. The number of hydrogen-bond acceptors (Lipinski definition) is 4. The van der Waals surface area contributed by atoms with E-state index in [-0.39, 0.29) is 23.8 Å². The highest BCUT2D eigenvalue weighted by molar-refractivity contribution is 7.89. The molecular formula is C13H17ClN4O2S. The quantitative estimate of drug-likeness (QED) is 0.875. The first-order valence-corrected chi connectivity index (χ1v) is 7.83. The molecule has 0 unspecified atom stereocenters. The zero-order chi connectivity index (χ0) is 14.2. The van der Waals surface area contributed by atoms with Gasteiger partial charge in [-0.05, 0) is 16.7 Å². The standard InChI is InChI=1S/C13H16N4O2S.ClH/c1-17-9-13(8-15-17)20(18,19)16-5-10-2-3-11-6-14-7-12(11)4-10;/h2-4,8-9,14,16H,5-7H2,1H3;1H. The zero-order valence-corrected chi connectivity index (χ0v) is 13.2. The third kappa shape index (κ3) is 3.44. The lowest BCUT2D eigenvalue weighted by Gasteiger charge is -2.06. The van der Waals surface area contributed by atoms with Crippen LogP contribution >= 0.6 is 12.4 Å². The summed E-state index contributed by atoms with van der Waals surface area (Å²) < 4.78 is 28.2. The zero-order valence-electron chi connectivity index (χ0n) is 11.5. The molecule has 0 bridgehead atoms. The van der Waals surface area contributed by atoms with Crippen LogP contribution in [0.5, 0.6) is 0 Å². The van der Waals surface area contributed by atoms with Gasteiger partial charge in [-0.25, -0.2) is 13.1 Å². The molecule has 3 rings (SSSR count). The molecule has 8 heteroatoms. The van der Waals surface area contributed by atoms with E-state index in [0.717, 1.165) is 18.7 Å². The minimum atomic E-state index is -3.50. The van der Waals surface area contributed by atoms with Gasteiger partial charge in [-0.1, -0.05) is 18.2 Å². The minimum Gasteiger partial charge on any atom is -0.309 e. The van der Waals surface area contributed by atoms with Crippen LogP contribution in [0.4, 0.5) is 0 Å². The van der Waals surface area contributed by atoms with Crippen molar-refractivity contribution in [3.05, 3.63) is 47.3 Å². The van der Waals surface area contributed by atoms with Crippen LogP contribution in [0.1, 0.15) is 16.7 Å². The monoisotopic (exact) mass is 328 g/mol. The molecule has 2 heterocycles. The van der Waals surface area contributed by atoms with Crippen molar-refractivity contribution in [2.75, 3.05) is 0 Å². The van der Waals surface area contributed by atoms with Crippen molar-refractivity contribution >= 4 is 22.4 Å². The highest BCUT2D eigenvalue weighted by Gasteiger charge is 2.16. The fourth-order valence-electron chi connectivity index (χ4n) is 2.26. The molecule has 0 saturated carbocycles. The van der Waals surface area contributed by atoms with Crippen LogP contribution < -0.4 is 10.0 Å². The average Bonchev–Trinajstić information content (AvgIpc) is 3.04. The summed E-state index contributed by atoms with van der Waals surface area (Å²) in [5.41, 5.74) is 3.48. The Labute approximate surface area is 130 Å². The molecule has 6 nitrogen and oxygen atoms in total. The first-order valence-electron chi connectivity index (χ1n) is 6.34. The molecule has 0 saturated heterocycles. The van der Waals surface area contributed by atoms with Crippen LogP contribution in [0.3, 0.4) is 0 Å². The fourth-order valence-corrected chi connectivity index (χ4v) is 3.26. The maximum Gasteiger partial charge on any atom is 0.243 e. The van der Waals surface area contributed by atoms with Gasteiger partial charge in [-0.15, -0.1) is 12.4 Å². The summed E-state index contributed by atoms with van der Waals surface area (Å²) in [5.74, 6) is 0. The van der Waals surface area contributed by atoms with Crippen molar-refractivity contribution in [1.82, 2.24) is 19.8 Å². The normalized spacial score (nSPS) is 13.8. The molecule has 0 spiro atoms. The molecule has 0 radical (unpaired) electrons. The van der Waals surface area contributed by atoms with E-state index in [0.29, 0.717) is 0 Å². The van der Waals surface area contributed by atoms with Crippen molar-refractivity contribution in [3.8, 4) is 0 Å². The number of aromatic nitrogens is 2.